The summed E-state index contributed by atoms with van der Waals surface area (Å²) in [4.78, 5) is 15.0. The van der Waals surface area contributed by atoms with Crippen LogP contribution in [0, 0.1) is 11.8 Å². The first-order valence-electron chi connectivity index (χ1n) is 8.34. The highest BCUT2D eigenvalue weighted by Gasteiger charge is 2.33. The monoisotopic (exact) mass is 322 g/mol. The minimum Gasteiger partial charge on any atom is -0.342 e. The summed E-state index contributed by atoms with van der Waals surface area (Å²) in [6, 6.07) is 10.2. The van der Waals surface area contributed by atoms with E-state index in [0.717, 1.165) is 62.8 Å². The average Bonchev–Trinajstić information content (AvgIpc) is 2.87. The molecule has 0 radical (unpaired) electrons. The van der Waals surface area contributed by atoms with E-state index in [9.17, 15) is 4.79 Å². The van der Waals surface area contributed by atoms with Crippen LogP contribution in [0.5, 0.6) is 0 Å². The molecule has 2 aliphatic rings. The fraction of sp³-hybridized carbons (Fsp3) is 0.611. The third kappa shape index (κ3) is 3.64. The van der Waals surface area contributed by atoms with Crippen molar-refractivity contribution in [3.63, 3.8) is 0 Å². The van der Waals surface area contributed by atoms with Gasteiger partial charge in [-0.2, -0.15) is 0 Å². The molecule has 22 heavy (non-hydrogen) atoms. The maximum atomic E-state index is 12.9. The van der Waals surface area contributed by atoms with Crippen molar-refractivity contribution in [3.05, 3.63) is 35.9 Å². The number of hydrogen-bond acceptors (Lipinski definition) is 2. The van der Waals surface area contributed by atoms with E-state index in [1.54, 1.807) is 0 Å². The number of likely N-dealkylation sites (tertiary alicyclic amines) is 1. The molecule has 1 amide bonds. The summed E-state index contributed by atoms with van der Waals surface area (Å²) in [5, 5.41) is 3.49. The van der Waals surface area contributed by atoms with E-state index in [-0.39, 0.29) is 18.3 Å². The average molecular weight is 323 g/mol. The predicted octanol–water partition coefficient (Wildman–Crippen LogP) is 3.06. The maximum Gasteiger partial charge on any atom is 0.230 e. The Kier molecular flexibility index (Phi) is 6.27. The van der Waals surface area contributed by atoms with Gasteiger partial charge in [0.15, 0.2) is 0 Å². The Balaban J connectivity index is 0.00000176. The molecule has 2 saturated heterocycles. The second-order valence-electron chi connectivity index (χ2n) is 6.45. The van der Waals surface area contributed by atoms with Crippen LogP contribution in [0.4, 0.5) is 0 Å². The topological polar surface area (TPSA) is 32.3 Å². The summed E-state index contributed by atoms with van der Waals surface area (Å²) in [5.74, 6) is 1.91. The van der Waals surface area contributed by atoms with E-state index in [0.29, 0.717) is 5.91 Å². The Bertz CT molecular complexity index is 465. The van der Waals surface area contributed by atoms with Crippen LogP contribution in [-0.4, -0.2) is 37.0 Å². The first-order chi connectivity index (χ1) is 10.3. The van der Waals surface area contributed by atoms with Crippen molar-refractivity contribution in [2.75, 3.05) is 26.2 Å². The number of amides is 1. The Labute approximate surface area is 139 Å². The largest absolute Gasteiger partial charge is 0.342 e. The number of nitrogens with one attached hydrogen (secondary N) is 1. The zero-order valence-electron chi connectivity index (χ0n) is 13.3. The van der Waals surface area contributed by atoms with Gasteiger partial charge in [0.2, 0.25) is 5.91 Å². The lowest BCUT2D eigenvalue weighted by Gasteiger charge is -2.26. The summed E-state index contributed by atoms with van der Waals surface area (Å²) in [7, 11) is 0. The van der Waals surface area contributed by atoms with Crippen molar-refractivity contribution in [2.45, 2.75) is 32.1 Å². The van der Waals surface area contributed by atoms with E-state index < -0.39 is 0 Å². The van der Waals surface area contributed by atoms with Gasteiger partial charge in [-0.05, 0) is 49.8 Å². The van der Waals surface area contributed by atoms with Crippen molar-refractivity contribution < 1.29 is 4.79 Å². The smallest absolute Gasteiger partial charge is 0.230 e. The first kappa shape index (κ1) is 17.3. The SMILES string of the molecule is CCC(C(=O)N1CC[C@@H]2CNC[C@@H]2CC1)c1ccccc1.Cl. The van der Waals surface area contributed by atoms with Crippen LogP contribution in [0.15, 0.2) is 30.3 Å². The molecule has 1 aromatic rings. The van der Waals surface area contributed by atoms with Gasteiger partial charge in [-0.25, -0.2) is 0 Å². The van der Waals surface area contributed by atoms with Gasteiger partial charge in [-0.15, -0.1) is 12.4 Å². The number of nitrogens with zero attached hydrogens (tertiary/aromatic N) is 1. The quantitative estimate of drug-likeness (QED) is 0.927. The molecular formula is C18H27ClN2O. The normalized spacial score (nSPS) is 25.8. The first-order valence-corrected chi connectivity index (χ1v) is 8.34. The van der Waals surface area contributed by atoms with Gasteiger partial charge < -0.3 is 10.2 Å². The number of carbonyl (C=O) groups excluding carboxylic acids is 1. The summed E-state index contributed by atoms with van der Waals surface area (Å²) in [5.41, 5.74) is 1.16. The zero-order chi connectivity index (χ0) is 14.7. The van der Waals surface area contributed by atoms with E-state index in [2.05, 4.69) is 29.3 Å². The fourth-order valence-corrected chi connectivity index (χ4v) is 3.90. The van der Waals surface area contributed by atoms with Crippen molar-refractivity contribution >= 4 is 18.3 Å². The number of hydrogen-bond donors (Lipinski definition) is 1. The van der Waals surface area contributed by atoms with Gasteiger partial charge >= 0.3 is 0 Å². The number of halogens is 1. The molecule has 2 fully saturated rings. The predicted molar refractivity (Wildman–Crippen MR) is 92.4 cm³/mol. The van der Waals surface area contributed by atoms with Gasteiger partial charge in [0.1, 0.15) is 0 Å². The highest BCUT2D eigenvalue weighted by molar-refractivity contribution is 5.85. The van der Waals surface area contributed by atoms with E-state index in [4.69, 9.17) is 0 Å². The Morgan fingerprint density at radius 3 is 2.32 bits per heavy atom. The molecule has 1 unspecified atom stereocenters. The van der Waals surface area contributed by atoms with Crippen molar-refractivity contribution in [1.82, 2.24) is 10.2 Å². The number of fused-ring (bicyclic) bond motifs is 1. The minimum atomic E-state index is 0. The fourth-order valence-electron chi connectivity index (χ4n) is 3.90. The molecular weight excluding hydrogens is 296 g/mol. The van der Waals surface area contributed by atoms with E-state index in [1.807, 2.05) is 18.2 Å². The third-order valence-electron chi connectivity index (χ3n) is 5.24. The lowest BCUT2D eigenvalue weighted by Crippen LogP contribution is -2.36. The van der Waals surface area contributed by atoms with Gasteiger partial charge in [-0.1, -0.05) is 37.3 Å². The Morgan fingerprint density at radius 2 is 1.77 bits per heavy atom. The molecule has 3 atom stereocenters. The summed E-state index contributed by atoms with van der Waals surface area (Å²) < 4.78 is 0. The number of carbonyl (C=O) groups is 1. The molecule has 1 N–H and O–H groups in total. The second-order valence-corrected chi connectivity index (χ2v) is 6.45. The van der Waals surface area contributed by atoms with Crippen LogP contribution in [0.3, 0.4) is 0 Å². The van der Waals surface area contributed by atoms with E-state index in [1.165, 1.54) is 0 Å². The third-order valence-corrected chi connectivity index (χ3v) is 5.24. The van der Waals surface area contributed by atoms with Gasteiger partial charge in [0.05, 0.1) is 5.92 Å². The minimum absolute atomic E-state index is 0. The van der Waals surface area contributed by atoms with Gasteiger partial charge in [0, 0.05) is 13.1 Å². The van der Waals surface area contributed by atoms with Crippen LogP contribution in [0.1, 0.15) is 37.7 Å². The molecule has 0 spiro atoms. The molecule has 1 aromatic carbocycles. The molecule has 4 heteroatoms. The van der Waals surface area contributed by atoms with E-state index >= 15 is 0 Å². The molecule has 0 aliphatic carbocycles. The van der Waals surface area contributed by atoms with Crippen LogP contribution < -0.4 is 5.32 Å². The maximum absolute atomic E-state index is 12.9. The second kappa shape index (κ2) is 7.98. The lowest BCUT2D eigenvalue weighted by molar-refractivity contribution is -0.132. The van der Waals surface area contributed by atoms with Crippen molar-refractivity contribution in [2.24, 2.45) is 11.8 Å². The summed E-state index contributed by atoms with van der Waals surface area (Å²) in [6.07, 6.45) is 3.21. The van der Waals surface area contributed by atoms with Crippen molar-refractivity contribution in [1.29, 1.82) is 0 Å². The number of benzene rings is 1. The van der Waals surface area contributed by atoms with Crippen LogP contribution in [0.2, 0.25) is 0 Å². The van der Waals surface area contributed by atoms with Crippen LogP contribution in [-0.2, 0) is 4.79 Å². The lowest BCUT2D eigenvalue weighted by atomic mass is 9.92. The highest BCUT2D eigenvalue weighted by Crippen LogP contribution is 2.29. The molecule has 2 heterocycles. The highest BCUT2D eigenvalue weighted by atomic mass is 35.5. The standard InChI is InChI=1S/C18H26N2O.ClH/c1-2-17(14-6-4-3-5-7-14)18(21)20-10-8-15-12-19-13-16(15)9-11-20;/h3-7,15-17,19H,2,8-13H2,1H3;1H/t15-,16+,17?;. The van der Waals surface area contributed by atoms with Crippen LogP contribution >= 0.6 is 12.4 Å². The van der Waals surface area contributed by atoms with Crippen LogP contribution in [0.25, 0.3) is 0 Å². The van der Waals surface area contributed by atoms with Gasteiger partial charge in [0.25, 0.3) is 0 Å². The Hall–Kier alpha value is -1.06. The Morgan fingerprint density at radius 1 is 1.18 bits per heavy atom. The van der Waals surface area contributed by atoms with Gasteiger partial charge in [-0.3, -0.25) is 4.79 Å². The molecule has 2 aliphatic heterocycles. The molecule has 0 saturated carbocycles. The molecule has 0 aromatic heterocycles. The molecule has 3 nitrogen and oxygen atoms in total. The molecule has 3 rings (SSSR count). The molecule has 122 valence electrons. The molecule has 0 bridgehead atoms. The zero-order valence-corrected chi connectivity index (χ0v) is 14.1. The number of rotatable bonds is 3. The summed E-state index contributed by atoms with van der Waals surface area (Å²) in [6.45, 7) is 6.27. The summed E-state index contributed by atoms with van der Waals surface area (Å²) >= 11 is 0. The van der Waals surface area contributed by atoms with Crippen molar-refractivity contribution in [3.8, 4) is 0 Å².